The largest absolute Gasteiger partial charge is 0.461 e. The fourth-order valence-corrected chi connectivity index (χ4v) is 5.15. The summed E-state index contributed by atoms with van der Waals surface area (Å²) < 4.78 is 34.6. The Balaban J connectivity index is 1.52. The molecule has 0 radical (unpaired) electrons. The zero-order valence-corrected chi connectivity index (χ0v) is 16.4. The van der Waals surface area contributed by atoms with Gasteiger partial charge in [0, 0.05) is 23.1 Å². The maximum absolute atomic E-state index is 12.9. The molecule has 5 heteroatoms. The highest BCUT2D eigenvalue weighted by atomic mass is 32.2. The number of hydrogen-bond donors (Lipinski definition) is 1. The Morgan fingerprint density at radius 2 is 1.82 bits per heavy atom. The number of fused-ring (bicyclic) bond motifs is 4. The van der Waals surface area contributed by atoms with Crippen molar-refractivity contribution in [3.05, 3.63) is 72.0 Å². The van der Waals surface area contributed by atoms with Gasteiger partial charge in [0.05, 0.1) is 4.90 Å². The van der Waals surface area contributed by atoms with E-state index >= 15 is 0 Å². The fraction of sp³-hybridized carbons (Fsp3) is 0.217. The monoisotopic (exact) mass is 391 g/mol. The van der Waals surface area contributed by atoms with E-state index in [1.807, 2.05) is 42.5 Å². The number of sulfonamides is 1. The van der Waals surface area contributed by atoms with Crippen LogP contribution in [-0.4, -0.2) is 8.42 Å². The molecule has 1 heterocycles. The number of nitrogens with one attached hydrogen (secondary N) is 1. The molecule has 0 spiro atoms. The molecule has 0 saturated heterocycles. The van der Waals surface area contributed by atoms with E-state index in [2.05, 4.69) is 11.6 Å². The Bertz CT molecular complexity index is 1300. The van der Waals surface area contributed by atoms with Crippen LogP contribution in [0.3, 0.4) is 0 Å². The number of anilines is 1. The quantitative estimate of drug-likeness (QED) is 0.501. The summed E-state index contributed by atoms with van der Waals surface area (Å²) in [7, 11) is -3.67. The van der Waals surface area contributed by atoms with Gasteiger partial charge in [-0.25, -0.2) is 8.42 Å². The fourth-order valence-electron chi connectivity index (χ4n) is 4.07. The number of furan rings is 1. The van der Waals surface area contributed by atoms with E-state index in [-0.39, 0.29) is 4.90 Å². The van der Waals surface area contributed by atoms with Crippen LogP contribution in [-0.2, 0) is 22.9 Å². The van der Waals surface area contributed by atoms with Crippen molar-refractivity contribution in [2.75, 3.05) is 4.72 Å². The topological polar surface area (TPSA) is 59.3 Å². The molecule has 3 aromatic carbocycles. The van der Waals surface area contributed by atoms with Gasteiger partial charge in [-0.1, -0.05) is 37.3 Å². The van der Waals surface area contributed by atoms with Crippen LogP contribution in [0.1, 0.15) is 24.7 Å². The Kier molecular flexibility index (Phi) is 3.95. The van der Waals surface area contributed by atoms with Crippen LogP contribution in [0, 0.1) is 5.92 Å². The van der Waals surface area contributed by atoms with Crippen molar-refractivity contribution in [2.24, 2.45) is 5.92 Å². The van der Waals surface area contributed by atoms with E-state index in [0.717, 1.165) is 46.8 Å². The van der Waals surface area contributed by atoms with Crippen LogP contribution < -0.4 is 4.72 Å². The molecule has 1 aromatic heterocycles. The summed E-state index contributed by atoms with van der Waals surface area (Å²) in [6, 6.07) is 18.4. The number of benzene rings is 3. The molecule has 0 fully saturated rings. The minimum absolute atomic E-state index is 0.258. The third-order valence-electron chi connectivity index (χ3n) is 5.57. The second-order valence-electron chi connectivity index (χ2n) is 7.68. The zero-order chi connectivity index (χ0) is 19.3. The van der Waals surface area contributed by atoms with E-state index in [0.29, 0.717) is 11.6 Å². The van der Waals surface area contributed by atoms with Crippen molar-refractivity contribution in [2.45, 2.75) is 31.1 Å². The Labute approximate surface area is 164 Å². The van der Waals surface area contributed by atoms with Crippen LogP contribution in [0.25, 0.3) is 21.7 Å². The van der Waals surface area contributed by atoms with Crippen LogP contribution in [0.15, 0.2) is 70.0 Å². The normalized spacial score (nSPS) is 17.0. The molecular weight excluding hydrogens is 370 g/mol. The lowest BCUT2D eigenvalue weighted by molar-refractivity contribution is 0.438. The summed E-state index contributed by atoms with van der Waals surface area (Å²) in [5, 5.41) is 2.93. The van der Waals surface area contributed by atoms with Crippen molar-refractivity contribution in [1.82, 2.24) is 0 Å². The highest BCUT2D eigenvalue weighted by Gasteiger charge is 2.22. The molecule has 5 rings (SSSR count). The SMILES string of the molecule is CC1CCc2oc3ccc(NS(=O)(=O)c4ccc5ccccc5c4)cc3c2C1. The minimum atomic E-state index is -3.67. The van der Waals surface area contributed by atoms with Gasteiger partial charge in [0.1, 0.15) is 11.3 Å². The van der Waals surface area contributed by atoms with Crippen molar-refractivity contribution in [3.8, 4) is 0 Å². The standard InChI is InChI=1S/C23H21NO3S/c1-15-6-10-22-20(12-15)21-14-18(8-11-23(21)27-22)24-28(25,26)19-9-7-16-4-2-3-5-17(16)13-19/h2-5,7-9,11,13-15,24H,6,10,12H2,1H3. The second kappa shape index (κ2) is 6.38. The van der Waals surface area contributed by atoms with Gasteiger partial charge in [0.25, 0.3) is 10.0 Å². The van der Waals surface area contributed by atoms with Crippen LogP contribution in [0.4, 0.5) is 5.69 Å². The lowest BCUT2D eigenvalue weighted by Crippen LogP contribution is -2.13. The average Bonchev–Trinajstić information content (AvgIpc) is 3.04. The van der Waals surface area contributed by atoms with Gasteiger partial charge in [0.15, 0.2) is 0 Å². The summed E-state index contributed by atoms with van der Waals surface area (Å²) in [4.78, 5) is 0.258. The van der Waals surface area contributed by atoms with Crippen LogP contribution >= 0.6 is 0 Å². The van der Waals surface area contributed by atoms with E-state index in [1.54, 1.807) is 18.2 Å². The van der Waals surface area contributed by atoms with Crippen molar-refractivity contribution < 1.29 is 12.8 Å². The first-order valence-electron chi connectivity index (χ1n) is 9.55. The second-order valence-corrected chi connectivity index (χ2v) is 9.36. The summed E-state index contributed by atoms with van der Waals surface area (Å²) in [5.41, 5.74) is 2.61. The maximum atomic E-state index is 12.9. The first kappa shape index (κ1) is 17.3. The van der Waals surface area contributed by atoms with Crippen molar-refractivity contribution in [3.63, 3.8) is 0 Å². The third-order valence-corrected chi connectivity index (χ3v) is 6.95. The third kappa shape index (κ3) is 2.96. The van der Waals surface area contributed by atoms with Crippen LogP contribution in [0.5, 0.6) is 0 Å². The number of hydrogen-bond acceptors (Lipinski definition) is 3. The molecule has 4 nitrogen and oxygen atoms in total. The minimum Gasteiger partial charge on any atom is -0.461 e. The lowest BCUT2D eigenvalue weighted by Gasteiger charge is -2.16. The zero-order valence-electron chi connectivity index (χ0n) is 15.6. The molecule has 0 amide bonds. The average molecular weight is 391 g/mol. The van der Waals surface area contributed by atoms with Gasteiger partial charge in [0.2, 0.25) is 0 Å². The molecule has 1 unspecified atom stereocenters. The van der Waals surface area contributed by atoms with Gasteiger partial charge < -0.3 is 4.42 Å². The highest BCUT2D eigenvalue weighted by molar-refractivity contribution is 7.92. The molecule has 1 atom stereocenters. The summed E-state index contributed by atoms with van der Waals surface area (Å²) in [6.45, 7) is 2.24. The van der Waals surface area contributed by atoms with Crippen molar-refractivity contribution >= 4 is 37.5 Å². The molecule has 28 heavy (non-hydrogen) atoms. The molecule has 0 bridgehead atoms. The molecule has 142 valence electrons. The van der Waals surface area contributed by atoms with E-state index in [9.17, 15) is 8.42 Å². The molecule has 4 aromatic rings. The maximum Gasteiger partial charge on any atom is 0.261 e. The van der Waals surface area contributed by atoms with Gasteiger partial charge in [-0.2, -0.15) is 0 Å². The Hall–Kier alpha value is -2.79. The molecule has 1 N–H and O–H groups in total. The number of aryl methyl sites for hydroxylation is 1. The number of rotatable bonds is 3. The van der Waals surface area contributed by atoms with E-state index < -0.39 is 10.0 Å². The van der Waals surface area contributed by atoms with Gasteiger partial charge in [-0.15, -0.1) is 0 Å². The summed E-state index contributed by atoms with van der Waals surface area (Å²) in [5.74, 6) is 1.66. The van der Waals surface area contributed by atoms with Crippen LogP contribution in [0.2, 0.25) is 0 Å². The molecule has 1 aliphatic rings. The smallest absolute Gasteiger partial charge is 0.261 e. The predicted molar refractivity (Wildman–Crippen MR) is 112 cm³/mol. The van der Waals surface area contributed by atoms with Gasteiger partial charge in [-0.3, -0.25) is 4.72 Å². The Morgan fingerprint density at radius 3 is 2.68 bits per heavy atom. The molecule has 0 saturated carbocycles. The van der Waals surface area contributed by atoms with Gasteiger partial charge in [-0.05, 0) is 59.9 Å². The van der Waals surface area contributed by atoms with E-state index in [4.69, 9.17) is 4.42 Å². The van der Waals surface area contributed by atoms with Gasteiger partial charge >= 0.3 is 0 Å². The predicted octanol–water partition coefficient (Wildman–Crippen LogP) is 5.51. The Morgan fingerprint density at radius 1 is 1.00 bits per heavy atom. The molecule has 0 aliphatic heterocycles. The first-order valence-corrected chi connectivity index (χ1v) is 11.0. The van der Waals surface area contributed by atoms with Crippen molar-refractivity contribution in [1.29, 1.82) is 0 Å². The summed E-state index contributed by atoms with van der Waals surface area (Å²) >= 11 is 0. The highest BCUT2D eigenvalue weighted by Crippen LogP contribution is 2.35. The molecule has 1 aliphatic carbocycles. The molecular formula is C23H21NO3S. The lowest BCUT2D eigenvalue weighted by atomic mass is 9.88. The van der Waals surface area contributed by atoms with E-state index in [1.165, 1.54) is 5.56 Å². The summed E-state index contributed by atoms with van der Waals surface area (Å²) in [6.07, 6.45) is 3.06. The first-order chi connectivity index (χ1) is 13.5.